The van der Waals surface area contributed by atoms with Crippen molar-refractivity contribution in [3.8, 4) is 0 Å². The molecule has 0 aliphatic carbocycles. The highest BCUT2D eigenvalue weighted by molar-refractivity contribution is 4.59. The summed E-state index contributed by atoms with van der Waals surface area (Å²) in [5, 5.41) is 0. The lowest BCUT2D eigenvalue weighted by Gasteiger charge is -2.22. The summed E-state index contributed by atoms with van der Waals surface area (Å²) >= 11 is 0. The van der Waals surface area contributed by atoms with Crippen LogP contribution in [0.5, 0.6) is 0 Å². The van der Waals surface area contributed by atoms with Crippen LogP contribution >= 0.6 is 0 Å². The number of rotatable bonds is 21. The zero-order chi connectivity index (χ0) is 18.4. The molecule has 0 rings (SSSR count). The molecule has 0 saturated carbocycles. The van der Waals surface area contributed by atoms with Crippen LogP contribution in [0.4, 0.5) is 0 Å². The Kier molecular flexibility index (Phi) is 21.8. The number of ether oxygens (including phenoxy) is 2. The van der Waals surface area contributed by atoms with Crippen molar-refractivity contribution in [1.82, 2.24) is 4.90 Å². The van der Waals surface area contributed by atoms with Crippen molar-refractivity contribution in [2.45, 2.75) is 97.8 Å². The SMILES string of the molecule is CCCCCCCCN(CCCCCCCC)CCOCCOCC. The largest absolute Gasteiger partial charge is 0.379 e. The van der Waals surface area contributed by atoms with Crippen molar-refractivity contribution < 1.29 is 9.47 Å². The Morgan fingerprint density at radius 1 is 0.480 bits per heavy atom. The van der Waals surface area contributed by atoms with Crippen molar-refractivity contribution in [2.24, 2.45) is 0 Å². The lowest BCUT2D eigenvalue weighted by atomic mass is 10.1. The Bertz CT molecular complexity index is 198. The van der Waals surface area contributed by atoms with Crippen LogP contribution in [-0.2, 0) is 9.47 Å². The van der Waals surface area contributed by atoms with Gasteiger partial charge in [-0.15, -0.1) is 0 Å². The van der Waals surface area contributed by atoms with E-state index in [-0.39, 0.29) is 0 Å². The van der Waals surface area contributed by atoms with Crippen molar-refractivity contribution in [2.75, 3.05) is 46.1 Å². The lowest BCUT2D eigenvalue weighted by molar-refractivity contribution is 0.0424. The van der Waals surface area contributed by atoms with Gasteiger partial charge in [0.15, 0.2) is 0 Å². The molecule has 0 aromatic heterocycles. The average molecular weight is 358 g/mol. The van der Waals surface area contributed by atoms with E-state index in [0.717, 1.165) is 33.0 Å². The monoisotopic (exact) mass is 357 g/mol. The molecule has 3 nitrogen and oxygen atoms in total. The molecule has 0 aliphatic rings. The number of unbranched alkanes of at least 4 members (excludes halogenated alkanes) is 10. The molecule has 0 N–H and O–H groups in total. The molecule has 0 saturated heterocycles. The van der Waals surface area contributed by atoms with Crippen LogP contribution < -0.4 is 0 Å². The normalized spacial score (nSPS) is 11.5. The smallest absolute Gasteiger partial charge is 0.0701 e. The Labute approximate surface area is 158 Å². The molecule has 0 aliphatic heterocycles. The maximum absolute atomic E-state index is 5.72. The van der Waals surface area contributed by atoms with E-state index in [9.17, 15) is 0 Å². The van der Waals surface area contributed by atoms with Crippen LogP contribution in [0.1, 0.15) is 97.8 Å². The van der Waals surface area contributed by atoms with Crippen molar-refractivity contribution in [3.05, 3.63) is 0 Å². The van der Waals surface area contributed by atoms with Gasteiger partial charge in [0, 0.05) is 13.2 Å². The first-order valence-electron chi connectivity index (χ1n) is 11.2. The zero-order valence-electron chi connectivity index (χ0n) is 17.7. The minimum absolute atomic E-state index is 0.728. The summed E-state index contributed by atoms with van der Waals surface area (Å²) < 4.78 is 11.0. The van der Waals surface area contributed by atoms with Gasteiger partial charge in [-0.25, -0.2) is 0 Å². The van der Waals surface area contributed by atoms with Crippen LogP contribution in [0.15, 0.2) is 0 Å². The van der Waals surface area contributed by atoms with Crippen molar-refractivity contribution in [1.29, 1.82) is 0 Å². The third-order valence-corrected chi connectivity index (χ3v) is 4.78. The average Bonchev–Trinajstić information content (AvgIpc) is 2.63. The van der Waals surface area contributed by atoms with E-state index in [4.69, 9.17) is 9.47 Å². The fraction of sp³-hybridized carbons (Fsp3) is 1.00. The van der Waals surface area contributed by atoms with Crippen LogP contribution in [-0.4, -0.2) is 51.0 Å². The highest BCUT2D eigenvalue weighted by Gasteiger charge is 2.05. The molecule has 152 valence electrons. The van der Waals surface area contributed by atoms with Gasteiger partial charge in [0.25, 0.3) is 0 Å². The summed E-state index contributed by atoms with van der Waals surface area (Å²) in [6.45, 7) is 13.3. The van der Waals surface area contributed by atoms with E-state index < -0.39 is 0 Å². The van der Waals surface area contributed by atoms with Crippen LogP contribution in [0, 0.1) is 0 Å². The molecule has 3 heteroatoms. The van der Waals surface area contributed by atoms with Gasteiger partial charge in [-0.05, 0) is 32.9 Å². The molecule has 0 atom stereocenters. The van der Waals surface area contributed by atoms with Crippen LogP contribution in [0.25, 0.3) is 0 Å². The fourth-order valence-corrected chi connectivity index (χ4v) is 3.12. The molecule has 0 spiro atoms. The number of hydrogen-bond acceptors (Lipinski definition) is 3. The zero-order valence-corrected chi connectivity index (χ0v) is 17.7. The highest BCUT2D eigenvalue weighted by Crippen LogP contribution is 2.09. The summed E-state index contributed by atoms with van der Waals surface area (Å²) in [6, 6.07) is 0. The molecular formula is C22H47NO2. The molecular weight excluding hydrogens is 310 g/mol. The summed E-state index contributed by atoms with van der Waals surface area (Å²) in [4.78, 5) is 2.63. The summed E-state index contributed by atoms with van der Waals surface area (Å²) in [5.74, 6) is 0. The van der Waals surface area contributed by atoms with Gasteiger partial charge in [-0.2, -0.15) is 0 Å². The van der Waals surface area contributed by atoms with E-state index in [1.54, 1.807) is 0 Å². The second-order valence-electron chi connectivity index (χ2n) is 7.19. The third-order valence-electron chi connectivity index (χ3n) is 4.78. The predicted molar refractivity (Wildman–Crippen MR) is 111 cm³/mol. The molecule has 0 amide bonds. The second kappa shape index (κ2) is 21.9. The maximum atomic E-state index is 5.72. The quantitative estimate of drug-likeness (QED) is 0.233. The fourth-order valence-electron chi connectivity index (χ4n) is 3.12. The van der Waals surface area contributed by atoms with Gasteiger partial charge in [-0.1, -0.05) is 78.1 Å². The Morgan fingerprint density at radius 3 is 1.48 bits per heavy atom. The number of hydrogen-bond donors (Lipinski definition) is 0. The minimum Gasteiger partial charge on any atom is -0.379 e. The van der Waals surface area contributed by atoms with E-state index >= 15 is 0 Å². The topological polar surface area (TPSA) is 21.7 Å². The molecule has 0 bridgehead atoms. The molecule has 25 heavy (non-hydrogen) atoms. The third kappa shape index (κ3) is 20.0. The summed E-state index contributed by atoms with van der Waals surface area (Å²) in [6.07, 6.45) is 16.6. The maximum Gasteiger partial charge on any atom is 0.0701 e. The first-order chi connectivity index (χ1) is 12.3. The molecule has 0 aromatic rings. The van der Waals surface area contributed by atoms with E-state index in [1.165, 1.54) is 90.1 Å². The Hall–Kier alpha value is -0.120. The molecule has 0 fully saturated rings. The summed E-state index contributed by atoms with van der Waals surface area (Å²) in [7, 11) is 0. The van der Waals surface area contributed by atoms with Gasteiger partial charge in [0.2, 0.25) is 0 Å². The van der Waals surface area contributed by atoms with Crippen molar-refractivity contribution >= 4 is 0 Å². The first-order valence-corrected chi connectivity index (χ1v) is 11.2. The molecule has 0 unspecified atom stereocenters. The minimum atomic E-state index is 0.728. The van der Waals surface area contributed by atoms with Gasteiger partial charge in [-0.3, -0.25) is 0 Å². The lowest BCUT2D eigenvalue weighted by Crippen LogP contribution is -2.30. The highest BCUT2D eigenvalue weighted by atomic mass is 16.5. The Balaban J connectivity index is 3.76. The Morgan fingerprint density at radius 2 is 0.960 bits per heavy atom. The molecule has 0 aromatic carbocycles. The van der Waals surface area contributed by atoms with Gasteiger partial charge < -0.3 is 14.4 Å². The van der Waals surface area contributed by atoms with Crippen molar-refractivity contribution in [3.63, 3.8) is 0 Å². The van der Waals surface area contributed by atoms with Crippen LogP contribution in [0.2, 0.25) is 0 Å². The van der Waals surface area contributed by atoms with Gasteiger partial charge in [0.05, 0.1) is 19.8 Å². The van der Waals surface area contributed by atoms with E-state index in [0.29, 0.717) is 0 Å². The molecule has 0 radical (unpaired) electrons. The van der Waals surface area contributed by atoms with Gasteiger partial charge in [0.1, 0.15) is 0 Å². The van der Waals surface area contributed by atoms with E-state index in [1.807, 2.05) is 6.92 Å². The second-order valence-corrected chi connectivity index (χ2v) is 7.19. The van der Waals surface area contributed by atoms with Crippen LogP contribution in [0.3, 0.4) is 0 Å². The number of nitrogens with zero attached hydrogens (tertiary/aromatic N) is 1. The standard InChI is InChI=1S/C22H47NO2/c1-4-7-9-11-13-15-17-23(18-16-14-12-10-8-5-2)19-20-25-22-21-24-6-3/h4-22H2,1-3H3. The van der Waals surface area contributed by atoms with Gasteiger partial charge >= 0.3 is 0 Å². The predicted octanol–water partition coefficient (Wildman–Crippen LogP) is 6.06. The summed E-state index contributed by atoms with van der Waals surface area (Å²) in [5.41, 5.74) is 0. The first kappa shape index (κ1) is 24.9. The molecule has 0 heterocycles. The van der Waals surface area contributed by atoms with E-state index in [2.05, 4.69) is 18.7 Å².